The lowest BCUT2D eigenvalue weighted by atomic mass is 10.2. The van der Waals surface area contributed by atoms with Crippen LogP contribution in [-0.4, -0.2) is 51.7 Å². The number of benzene rings is 1. The largest absolute Gasteiger partial charge is 0.401 e. The van der Waals surface area contributed by atoms with Crippen molar-refractivity contribution in [3.05, 3.63) is 41.6 Å². The molecule has 1 amide bonds. The number of hydrogen-bond acceptors (Lipinski definition) is 7. The van der Waals surface area contributed by atoms with E-state index in [1.807, 2.05) is 6.92 Å². The van der Waals surface area contributed by atoms with E-state index in [2.05, 4.69) is 20.6 Å². The molecule has 154 valence electrons. The number of aryl methyl sites for hydroxylation is 2. The zero-order chi connectivity index (χ0) is 21.2. The van der Waals surface area contributed by atoms with E-state index in [0.717, 1.165) is 5.69 Å². The molecule has 0 unspecified atom stereocenters. The fourth-order valence-electron chi connectivity index (χ4n) is 2.85. The van der Waals surface area contributed by atoms with E-state index in [9.17, 15) is 13.2 Å². The van der Waals surface area contributed by atoms with Crippen LogP contribution in [0.4, 0.5) is 6.01 Å². The maximum absolute atomic E-state index is 12.5. The van der Waals surface area contributed by atoms with Gasteiger partial charge in [0.25, 0.3) is 11.8 Å². The smallest absolute Gasteiger partial charge is 0.322 e. The van der Waals surface area contributed by atoms with E-state index in [1.165, 1.54) is 28.6 Å². The highest BCUT2D eigenvalue weighted by atomic mass is 32.2. The molecule has 0 saturated heterocycles. The minimum atomic E-state index is -3.58. The first kappa shape index (κ1) is 20.7. The van der Waals surface area contributed by atoms with Crippen LogP contribution >= 0.6 is 0 Å². The molecular formula is C18H22N6O4S. The summed E-state index contributed by atoms with van der Waals surface area (Å²) in [5.41, 5.74) is 1.69. The lowest BCUT2D eigenvalue weighted by Gasteiger charge is -2.18. The highest BCUT2D eigenvalue weighted by Gasteiger charge is 2.22. The van der Waals surface area contributed by atoms with Gasteiger partial charge in [0.1, 0.15) is 5.69 Å². The number of sulfonamides is 1. The third kappa shape index (κ3) is 4.20. The molecule has 10 nitrogen and oxygen atoms in total. The number of carbonyl (C=O) groups excluding carboxylic acids is 1. The molecule has 3 aromatic rings. The Kier molecular flexibility index (Phi) is 5.80. The molecule has 29 heavy (non-hydrogen) atoms. The number of anilines is 1. The summed E-state index contributed by atoms with van der Waals surface area (Å²) in [5.74, 6) is -0.266. The van der Waals surface area contributed by atoms with Gasteiger partial charge in [-0.3, -0.25) is 14.8 Å². The van der Waals surface area contributed by atoms with Crippen LogP contribution in [0.1, 0.15) is 29.9 Å². The normalized spacial score (nSPS) is 11.8. The van der Waals surface area contributed by atoms with Crippen LogP contribution in [0.15, 0.2) is 39.6 Å². The molecule has 3 rings (SSSR count). The molecule has 0 fully saturated rings. The Hall–Kier alpha value is -3.05. The van der Waals surface area contributed by atoms with Gasteiger partial charge in [0.05, 0.1) is 10.6 Å². The number of rotatable bonds is 7. The lowest BCUT2D eigenvalue weighted by Crippen LogP contribution is -2.30. The van der Waals surface area contributed by atoms with Crippen molar-refractivity contribution in [1.82, 2.24) is 24.3 Å². The standard InChI is InChI=1S/C18H22N6O4S/c1-5-24(6-2)29(26,27)14-9-7-13(8-10-14)16(25)19-18-21-20-17(28-18)15-11-12(3)22-23(15)4/h7-11H,5-6H2,1-4H3,(H,19,21,25). The molecule has 0 spiro atoms. The number of hydrogen-bond donors (Lipinski definition) is 1. The van der Waals surface area contributed by atoms with Crippen molar-refractivity contribution >= 4 is 21.9 Å². The summed E-state index contributed by atoms with van der Waals surface area (Å²) in [6, 6.07) is 7.40. The maximum atomic E-state index is 12.5. The summed E-state index contributed by atoms with van der Waals surface area (Å²) in [6.45, 7) is 6.13. The number of nitrogens with one attached hydrogen (secondary N) is 1. The van der Waals surface area contributed by atoms with Gasteiger partial charge in [-0.25, -0.2) is 8.42 Å². The van der Waals surface area contributed by atoms with Crippen LogP contribution in [0.2, 0.25) is 0 Å². The monoisotopic (exact) mass is 418 g/mol. The molecular weight excluding hydrogens is 396 g/mol. The van der Waals surface area contributed by atoms with E-state index in [4.69, 9.17) is 4.42 Å². The van der Waals surface area contributed by atoms with E-state index in [0.29, 0.717) is 18.8 Å². The predicted molar refractivity (Wildman–Crippen MR) is 106 cm³/mol. The van der Waals surface area contributed by atoms with Gasteiger partial charge in [0.15, 0.2) is 0 Å². The quantitative estimate of drug-likeness (QED) is 0.623. The summed E-state index contributed by atoms with van der Waals surface area (Å²) in [7, 11) is -1.83. The summed E-state index contributed by atoms with van der Waals surface area (Å²) < 4.78 is 33.5. The fourth-order valence-corrected chi connectivity index (χ4v) is 4.31. The molecule has 0 aliphatic carbocycles. The van der Waals surface area contributed by atoms with Gasteiger partial charge in [-0.15, -0.1) is 5.10 Å². The lowest BCUT2D eigenvalue weighted by molar-refractivity contribution is 0.102. The van der Waals surface area contributed by atoms with Gasteiger partial charge >= 0.3 is 6.01 Å². The van der Waals surface area contributed by atoms with E-state index >= 15 is 0 Å². The van der Waals surface area contributed by atoms with Gasteiger partial charge in [-0.2, -0.15) is 9.40 Å². The molecule has 2 aromatic heterocycles. The number of amides is 1. The molecule has 0 aliphatic heterocycles. The average Bonchev–Trinajstić information content (AvgIpc) is 3.28. The topological polar surface area (TPSA) is 123 Å². The van der Waals surface area contributed by atoms with E-state index in [1.54, 1.807) is 31.6 Å². The van der Waals surface area contributed by atoms with E-state index in [-0.39, 0.29) is 22.4 Å². The van der Waals surface area contributed by atoms with Crippen LogP contribution in [0.25, 0.3) is 11.6 Å². The average molecular weight is 418 g/mol. The fraction of sp³-hybridized carbons (Fsp3) is 0.333. The summed E-state index contributed by atoms with van der Waals surface area (Å²) >= 11 is 0. The van der Waals surface area contributed by atoms with Gasteiger partial charge in [-0.05, 0) is 37.3 Å². The molecule has 1 aromatic carbocycles. The second kappa shape index (κ2) is 8.13. The molecule has 0 aliphatic rings. The molecule has 0 bridgehead atoms. The first-order valence-corrected chi connectivity index (χ1v) is 10.5. The van der Waals surface area contributed by atoms with Crippen molar-refractivity contribution in [3.8, 4) is 11.6 Å². The highest BCUT2D eigenvalue weighted by Crippen LogP contribution is 2.21. The van der Waals surface area contributed by atoms with Crippen molar-refractivity contribution in [3.63, 3.8) is 0 Å². The van der Waals surface area contributed by atoms with Crippen LogP contribution in [0.3, 0.4) is 0 Å². The van der Waals surface area contributed by atoms with Crippen LogP contribution in [0, 0.1) is 6.92 Å². The Morgan fingerprint density at radius 2 is 1.83 bits per heavy atom. The van der Waals surface area contributed by atoms with Crippen molar-refractivity contribution in [2.24, 2.45) is 7.05 Å². The molecule has 2 heterocycles. The van der Waals surface area contributed by atoms with Gasteiger partial charge in [-0.1, -0.05) is 18.9 Å². The first-order valence-electron chi connectivity index (χ1n) is 9.02. The zero-order valence-electron chi connectivity index (χ0n) is 16.6. The summed E-state index contributed by atoms with van der Waals surface area (Å²) in [6.07, 6.45) is 0. The molecule has 0 atom stereocenters. The number of nitrogens with zero attached hydrogens (tertiary/aromatic N) is 5. The Morgan fingerprint density at radius 1 is 1.17 bits per heavy atom. The maximum Gasteiger partial charge on any atom is 0.322 e. The SMILES string of the molecule is CCN(CC)S(=O)(=O)c1ccc(C(=O)Nc2nnc(-c3cc(C)nn3C)o2)cc1. The predicted octanol–water partition coefficient (Wildman–Crippen LogP) is 2.06. The number of aromatic nitrogens is 4. The Bertz CT molecular complexity index is 1110. The van der Waals surface area contributed by atoms with Crippen molar-refractivity contribution in [1.29, 1.82) is 0 Å². The third-order valence-electron chi connectivity index (χ3n) is 4.33. The Morgan fingerprint density at radius 3 is 2.38 bits per heavy atom. The minimum Gasteiger partial charge on any atom is -0.401 e. The van der Waals surface area contributed by atoms with Crippen molar-refractivity contribution in [2.75, 3.05) is 18.4 Å². The molecule has 11 heteroatoms. The number of carbonyl (C=O) groups is 1. The Balaban J connectivity index is 1.74. The van der Waals surface area contributed by atoms with Gasteiger partial charge in [0.2, 0.25) is 10.0 Å². The summed E-state index contributed by atoms with van der Waals surface area (Å²) in [4.78, 5) is 12.6. The molecule has 0 saturated carbocycles. The van der Waals surface area contributed by atoms with Crippen LogP contribution < -0.4 is 5.32 Å². The van der Waals surface area contributed by atoms with Gasteiger partial charge in [0, 0.05) is 25.7 Å². The zero-order valence-corrected chi connectivity index (χ0v) is 17.4. The Labute approximate surface area is 168 Å². The van der Waals surface area contributed by atoms with Crippen molar-refractivity contribution in [2.45, 2.75) is 25.7 Å². The second-order valence-electron chi connectivity index (χ2n) is 6.27. The van der Waals surface area contributed by atoms with Gasteiger partial charge < -0.3 is 4.42 Å². The summed E-state index contributed by atoms with van der Waals surface area (Å²) in [5, 5.41) is 14.4. The van der Waals surface area contributed by atoms with Crippen LogP contribution in [-0.2, 0) is 17.1 Å². The van der Waals surface area contributed by atoms with E-state index < -0.39 is 15.9 Å². The van der Waals surface area contributed by atoms with Crippen molar-refractivity contribution < 1.29 is 17.6 Å². The molecule has 1 N–H and O–H groups in total. The first-order chi connectivity index (χ1) is 13.8. The molecule has 0 radical (unpaired) electrons. The highest BCUT2D eigenvalue weighted by molar-refractivity contribution is 7.89. The minimum absolute atomic E-state index is 0.0660. The van der Waals surface area contributed by atoms with Crippen LogP contribution in [0.5, 0.6) is 0 Å². The third-order valence-corrected chi connectivity index (χ3v) is 6.39. The second-order valence-corrected chi connectivity index (χ2v) is 8.21.